The second kappa shape index (κ2) is 8.24. The van der Waals surface area contributed by atoms with Crippen LogP contribution in [0.2, 0.25) is 5.02 Å². The van der Waals surface area contributed by atoms with Gasteiger partial charge in [-0.3, -0.25) is 9.36 Å². The third-order valence-corrected chi connectivity index (χ3v) is 6.22. The Morgan fingerprint density at radius 2 is 1.71 bits per heavy atom. The number of para-hydroxylation sites is 1. The highest BCUT2D eigenvalue weighted by Crippen LogP contribution is 2.38. The molecule has 1 fully saturated rings. The molecule has 1 atom stereocenters. The minimum atomic E-state index is -0.571. The molecule has 0 spiro atoms. The lowest BCUT2D eigenvalue weighted by molar-refractivity contribution is -0.117. The summed E-state index contributed by atoms with van der Waals surface area (Å²) < 4.78 is 1.93. The number of halogens is 1. The molecule has 3 aromatic rings. The number of rotatable bonds is 6. The maximum absolute atomic E-state index is 12.2. The average molecular weight is 414 g/mol. The minimum absolute atomic E-state index is 0.423. The van der Waals surface area contributed by atoms with Gasteiger partial charge >= 0.3 is 0 Å². The van der Waals surface area contributed by atoms with E-state index in [4.69, 9.17) is 17.3 Å². The van der Waals surface area contributed by atoms with E-state index in [0.717, 1.165) is 43.1 Å². The van der Waals surface area contributed by atoms with Crippen molar-refractivity contribution in [1.29, 1.82) is 0 Å². The zero-order chi connectivity index (χ0) is 19.5. The second-order valence-electron chi connectivity index (χ2n) is 6.57. The molecule has 1 aliphatic heterocycles. The summed E-state index contributed by atoms with van der Waals surface area (Å²) in [4.78, 5) is 14.4. The Balaban J connectivity index is 1.78. The number of nitrogens with two attached hydrogens (primary N) is 1. The minimum Gasteiger partial charge on any atom is -0.368 e. The van der Waals surface area contributed by atoms with E-state index >= 15 is 0 Å². The number of benzene rings is 2. The van der Waals surface area contributed by atoms with E-state index in [-0.39, 0.29) is 0 Å². The van der Waals surface area contributed by atoms with Gasteiger partial charge in [0, 0.05) is 13.1 Å². The predicted octanol–water partition coefficient (Wildman–Crippen LogP) is 3.84. The molecule has 2 aromatic carbocycles. The molecular weight excluding hydrogens is 394 g/mol. The van der Waals surface area contributed by atoms with E-state index < -0.39 is 11.2 Å². The van der Waals surface area contributed by atoms with Gasteiger partial charge in [-0.2, -0.15) is 0 Å². The van der Waals surface area contributed by atoms with Crippen molar-refractivity contribution in [2.45, 2.75) is 23.2 Å². The van der Waals surface area contributed by atoms with Crippen LogP contribution in [0.25, 0.3) is 5.69 Å². The average Bonchev–Trinajstić information content (AvgIpc) is 3.36. The van der Waals surface area contributed by atoms with Crippen LogP contribution in [0, 0.1) is 0 Å². The first-order valence-electron chi connectivity index (χ1n) is 9.11. The first-order valence-corrected chi connectivity index (χ1v) is 10.4. The number of hydrogen-bond donors (Lipinski definition) is 1. The third-order valence-electron chi connectivity index (χ3n) is 4.68. The molecule has 0 radical (unpaired) electrons. The lowest BCUT2D eigenvalue weighted by Gasteiger charge is -2.20. The molecule has 2 N–H and O–H groups in total. The quantitative estimate of drug-likeness (QED) is 0.621. The summed E-state index contributed by atoms with van der Waals surface area (Å²) in [6, 6.07) is 17.0. The number of thioether (sulfide) groups is 1. The van der Waals surface area contributed by atoms with Crippen LogP contribution >= 0.6 is 23.4 Å². The molecular formula is C20H20ClN5OS. The SMILES string of the molecule is NC(=O)C(Sc1nnc(N2CCCC2)n1-c1ccccc1Cl)c1ccccc1. The van der Waals surface area contributed by atoms with Gasteiger partial charge in [0.05, 0.1) is 10.7 Å². The van der Waals surface area contributed by atoms with Gasteiger partial charge in [-0.15, -0.1) is 10.2 Å². The van der Waals surface area contributed by atoms with Crippen molar-refractivity contribution in [1.82, 2.24) is 14.8 Å². The Hall–Kier alpha value is -2.51. The van der Waals surface area contributed by atoms with Gasteiger partial charge < -0.3 is 10.6 Å². The van der Waals surface area contributed by atoms with Gasteiger partial charge in [-0.1, -0.05) is 65.8 Å². The Morgan fingerprint density at radius 1 is 1.04 bits per heavy atom. The first kappa shape index (κ1) is 18.8. The molecule has 1 saturated heterocycles. The summed E-state index contributed by atoms with van der Waals surface area (Å²) in [7, 11) is 0. The number of primary amides is 1. The number of amides is 1. The van der Waals surface area contributed by atoms with Crippen molar-refractivity contribution in [2.24, 2.45) is 5.73 Å². The van der Waals surface area contributed by atoms with Gasteiger partial charge in [0.1, 0.15) is 5.25 Å². The van der Waals surface area contributed by atoms with Crippen molar-refractivity contribution in [3.63, 3.8) is 0 Å². The lowest BCUT2D eigenvalue weighted by Crippen LogP contribution is -2.22. The molecule has 0 saturated carbocycles. The molecule has 4 rings (SSSR count). The summed E-state index contributed by atoms with van der Waals surface area (Å²) in [5.74, 6) is 0.317. The zero-order valence-electron chi connectivity index (χ0n) is 15.2. The van der Waals surface area contributed by atoms with Crippen LogP contribution in [0.5, 0.6) is 0 Å². The van der Waals surface area contributed by atoms with E-state index in [1.165, 1.54) is 11.8 Å². The number of carbonyl (C=O) groups excluding carboxylic acids is 1. The van der Waals surface area contributed by atoms with Gasteiger partial charge in [0.15, 0.2) is 5.16 Å². The number of hydrogen-bond acceptors (Lipinski definition) is 5. The largest absolute Gasteiger partial charge is 0.368 e. The van der Waals surface area contributed by atoms with Crippen LogP contribution in [0.15, 0.2) is 59.8 Å². The van der Waals surface area contributed by atoms with Gasteiger partial charge in [-0.25, -0.2) is 0 Å². The highest BCUT2D eigenvalue weighted by Gasteiger charge is 2.27. The fourth-order valence-electron chi connectivity index (χ4n) is 3.33. The predicted molar refractivity (Wildman–Crippen MR) is 112 cm³/mol. The lowest BCUT2D eigenvalue weighted by atomic mass is 10.1. The summed E-state index contributed by atoms with van der Waals surface area (Å²) in [6.07, 6.45) is 2.23. The zero-order valence-corrected chi connectivity index (χ0v) is 16.7. The number of nitrogens with zero attached hydrogens (tertiary/aromatic N) is 4. The van der Waals surface area contributed by atoms with E-state index in [1.807, 2.05) is 59.2 Å². The monoisotopic (exact) mass is 413 g/mol. The standard InChI is InChI=1S/C20H20ClN5OS/c21-15-10-4-5-11-16(15)26-19(25-12-6-7-13-25)23-24-20(26)28-17(18(22)27)14-8-2-1-3-9-14/h1-5,8-11,17H,6-7,12-13H2,(H2,22,27). The normalized spacial score (nSPS) is 15.0. The van der Waals surface area contributed by atoms with Crippen molar-refractivity contribution in [2.75, 3.05) is 18.0 Å². The van der Waals surface area contributed by atoms with Crippen LogP contribution in [0.1, 0.15) is 23.7 Å². The van der Waals surface area contributed by atoms with E-state index in [0.29, 0.717) is 10.2 Å². The Kier molecular flexibility index (Phi) is 5.54. The molecule has 1 amide bonds. The van der Waals surface area contributed by atoms with Crippen LogP contribution in [0.3, 0.4) is 0 Å². The van der Waals surface area contributed by atoms with Gasteiger partial charge in [0.2, 0.25) is 11.9 Å². The molecule has 2 heterocycles. The molecule has 144 valence electrons. The van der Waals surface area contributed by atoms with Crippen LogP contribution in [0.4, 0.5) is 5.95 Å². The fraction of sp³-hybridized carbons (Fsp3) is 0.250. The summed E-state index contributed by atoms with van der Waals surface area (Å²) in [5.41, 5.74) is 7.33. The van der Waals surface area contributed by atoms with Crippen LogP contribution in [-0.4, -0.2) is 33.8 Å². The molecule has 0 bridgehead atoms. The molecule has 28 heavy (non-hydrogen) atoms. The number of aromatic nitrogens is 3. The maximum atomic E-state index is 12.2. The molecule has 8 heteroatoms. The van der Waals surface area contributed by atoms with Crippen molar-refractivity contribution >= 4 is 35.2 Å². The molecule has 6 nitrogen and oxygen atoms in total. The van der Waals surface area contributed by atoms with Gasteiger partial charge in [0.25, 0.3) is 0 Å². The van der Waals surface area contributed by atoms with Gasteiger partial charge in [-0.05, 0) is 30.5 Å². The summed E-state index contributed by atoms with van der Waals surface area (Å²) in [6.45, 7) is 1.84. The van der Waals surface area contributed by atoms with E-state index in [1.54, 1.807) is 0 Å². The Morgan fingerprint density at radius 3 is 2.39 bits per heavy atom. The van der Waals surface area contributed by atoms with E-state index in [2.05, 4.69) is 15.1 Å². The van der Waals surface area contributed by atoms with Crippen LogP contribution < -0.4 is 10.6 Å². The second-order valence-corrected chi connectivity index (χ2v) is 8.05. The van der Waals surface area contributed by atoms with Crippen LogP contribution in [-0.2, 0) is 4.79 Å². The molecule has 1 aliphatic rings. The van der Waals surface area contributed by atoms with E-state index in [9.17, 15) is 4.79 Å². The van der Waals surface area contributed by atoms with Crippen molar-refractivity contribution in [3.8, 4) is 5.69 Å². The molecule has 0 aliphatic carbocycles. The van der Waals surface area contributed by atoms with Crippen molar-refractivity contribution < 1.29 is 4.79 Å². The Bertz CT molecular complexity index is 972. The number of carbonyl (C=O) groups is 1. The summed E-state index contributed by atoms with van der Waals surface area (Å²) >= 11 is 7.78. The van der Waals surface area contributed by atoms with Crippen molar-refractivity contribution in [3.05, 3.63) is 65.2 Å². The molecule has 1 aromatic heterocycles. The smallest absolute Gasteiger partial charge is 0.235 e. The Labute approximate surface area is 172 Å². The third kappa shape index (κ3) is 3.72. The number of anilines is 1. The maximum Gasteiger partial charge on any atom is 0.235 e. The molecule has 1 unspecified atom stereocenters. The summed E-state index contributed by atoms with van der Waals surface area (Å²) in [5, 5.41) is 9.43. The fourth-order valence-corrected chi connectivity index (χ4v) is 4.54. The topological polar surface area (TPSA) is 77.0 Å². The first-order chi connectivity index (χ1) is 13.6. The highest BCUT2D eigenvalue weighted by atomic mass is 35.5. The highest BCUT2D eigenvalue weighted by molar-refractivity contribution is 8.00.